The largest absolute Gasteiger partial charge is 0.435 e. The number of urea groups is 1. The minimum absolute atomic E-state index is 0.00455. The Hall–Kier alpha value is -5.35. The molecule has 17 nitrogen and oxygen atoms in total. The van der Waals surface area contributed by atoms with E-state index in [9.17, 15) is 75.9 Å². The zero-order chi connectivity index (χ0) is 57.1. The highest BCUT2D eigenvalue weighted by atomic mass is 35.5. The fourth-order valence-electron chi connectivity index (χ4n) is 8.70. The van der Waals surface area contributed by atoms with Crippen LogP contribution >= 0.6 is 19.2 Å². The van der Waals surface area contributed by atoms with Gasteiger partial charge in [0.2, 0.25) is 15.9 Å². The van der Waals surface area contributed by atoms with E-state index in [0.717, 1.165) is 44.4 Å². The third-order valence-corrected chi connectivity index (χ3v) is 17.4. The number of alkyl halides is 8. The zero-order valence-electron chi connectivity index (χ0n) is 41.0. The molecule has 418 valence electrons. The SMILES string of the molecule is C[C@@H]1c2c(C(F)(F)F)nn(CC(=O)N[C@@H](Cc3cc(F)cc(F)c3)c3nc(CCC(C)(C)S(C)(=O)=O)ccc3-c3ccc(Cl)c4c(N(C(=O)NCCCCP(=O)(O)O)S(C)(=O)=O)nn(CC(F)(F)F)c34)c2C(F)(F)[C@@H]1C. The van der Waals surface area contributed by atoms with Crippen LogP contribution < -0.4 is 14.9 Å². The van der Waals surface area contributed by atoms with E-state index in [1.807, 2.05) is 0 Å². The lowest BCUT2D eigenvalue weighted by Gasteiger charge is -2.25. The number of fused-ring (bicyclic) bond motifs is 2. The molecule has 0 unspecified atom stereocenters. The van der Waals surface area contributed by atoms with Crippen molar-refractivity contribution in [3.63, 3.8) is 0 Å². The number of nitrogens with zero attached hydrogens (tertiary/aromatic N) is 6. The number of sulfone groups is 1. The number of aromatic nitrogens is 5. The first-order valence-electron chi connectivity index (χ1n) is 22.8. The average molecular weight is 1170 g/mol. The van der Waals surface area contributed by atoms with Gasteiger partial charge in [0.05, 0.1) is 38.7 Å². The van der Waals surface area contributed by atoms with Crippen molar-refractivity contribution >= 4 is 67.7 Å². The third kappa shape index (κ3) is 13.3. The van der Waals surface area contributed by atoms with Crippen molar-refractivity contribution in [2.45, 2.75) is 108 Å². The normalized spacial score (nSPS) is 16.7. The number of amides is 3. The summed E-state index contributed by atoms with van der Waals surface area (Å²) < 4.78 is 211. The van der Waals surface area contributed by atoms with Gasteiger partial charge in [-0.3, -0.25) is 23.7 Å². The number of sulfonamides is 1. The maximum absolute atomic E-state index is 15.8. The molecule has 3 aromatic heterocycles. The Balaban J connectivity index is 1.60. The minimum Gasteiger partial charge on any atom is -0.346 e. The van der Waals surface area contributed by atoms with Gasteiger partial charge >= 0.3 is 26.0 Å². The smallest absolute Gasteiger partial charge is 0.346 e. The van der Waals surface area contributed by atoms with Crippen molar-refractivity contribution in [2.24, 2.45) is 5.92 Å². The highest BCUT2D eigenvalue weighted by Crippen LogP contribution is 2.55. The number of hydrogen-bond acceptors (Lipinski definition) is 10. The summed E-state index contributed by atoms with van der Waals surface area (Å²) in [4.78, 5) is 51.0. The van der Waals surface area contributed by atoms with Crippen LogP contribution in [0.5, 0.6) is 0 Å². The molecule has 5 aromatic rings. The maximum Gasteiger partial charge on any atom is 0.435 e. The van der Waals surface area contributed by atoms with E-state index >= 15 is 8.78 Å². The van der Waals surface area contributed by atoms with Gasteiger partial charge in [-0.05, 0) is 81.7 Å². The van der Waals surface area contributed by atoms with Gasteiger partial charge < -0.3 is 20.4 Å². The molecule has 3 heterocycles. The van der Waals surface area contributed by atoms with Crippen molar-refractivity contribution in [1.82, 2.24) is 35.2 Å². The fraction of sp³-hybridized carbons (Fsp3) is 0.489. The van der Waals surface area contributed by atoms with Crippen molar-refractivity contribution < 1.29 is 84.7 Å². The molecule has 0 bridgehead atoms. The molecular weight excluding hydrogens is 1120 g/mol. The summed E-state index contributed by atoms with van der Waals surface area (Å²) in [6.45, 7) is 1.20. The second kappa shape index (κ2) is 21.5. The quantitative estimate of drug-likeness (QED) is 0.0345. The Morgan fingerprint density at radius 3 is 2.11 bits per heavy atom. The molecule has 2 aromatic carbocycles. The first-order chi connectivity index (χ1) is 34.7. The second-order valence-electron chi connectivity index (χ2n) is 19.1. The van der Waals surface area contributed by atoms with Crippen LogP contribution in [0, 0.1) is 17.6 Å². The first-order valence-corrected chi connectivity index (χ1v) is 28.7. The Kier molecular flexibility index (Phi) is 16.9. The van der Waals surface area contributed by atoms with E-state index in [-0.39, 0.29) is 61.7 Å². The van der Waals surface area contributed by atoms with E-state index in [2.05, 4.69) is 25.8 Å². The van der Waals surface area contributed by atoms with Gasteiger partial charge in [0, 0.05) is 53.3 Å². The predicted molar refractivity (Wildman–Crippen MR) is 258 cm³/mol. The van der Waals surface area contributed by atoms with Crippen LogP contribution in [0.1, 0.15) is 92.8 Å². The molecule has 31 heteroatoms. The second-order valence-corrected chi connectivity index (χ2v) is 25.8. The summed E-state index contributed by atoms with van der Waals surface area (Å²) in [5.74, 6) is -11.7. The van der Waals surface area contributed by atoms with Crippen molar-refractivity contribution in [3.05, 3.63) is 93.0 Å². The Bertz CT molecular complexity index is 3330. The summed E-state index contributed by atoms with van der Waals surface area (Å²) in [5.41, 5.74) is -5.64. The van der Waals surface area contributed by atoms with Crippen LogP contribution in [0.15, 0.2) is 42.5 Å². The number of carbonyl (C=O) groups is 2. The van der Waals surface area contributed by atoms with Gasteiger partial charge in [-0.25, -0.2) is 30.4 Å². The van der Waals surface area contributed by atoms with Gasteiger partial charge in [-0.2, -0.15) is 49.6 Å². The zero-order valence-corrected chi connectivity index (χ0v) is 44.3. The number of rotatable bonds is 19. The number of pyridine rings is 1. The van der Waals surface area contributed by atoms with Crippen LogP contribution in [-0.2, 0) is 67.3 Å². The number of aryl methyl sites for hydroxylation is 1. The number of anilines is 1. The molecule has 0 saturated carbocycles. The monoisotopic (exact) mass is 1170 g/mol. The summed E-state index contributed by atoms with van der Waals surface area (Å²) in [7, 11) is -13.1. The van der Waals surface area contributed by atoms with Gasteiger partial charge in [0.1, 0.15) is 30.4 Å². The molecule has 0 radical (unpaired) electrons. The summed E-state index contributed by atoms with van der Waals surface area (Å²) >= 11 is 6.65. The van der Waals surface area contributed by atoms with Crippen LogP contribution in [0.4, 0.5) is 54.5 Å². The standard InChI is InChI=1S/C45H50ClF10N8O9PS2/c1-23-24(2)44(52,53)39-34(23)38(45(54,55)56)60-62(39)21-33(65)59-32(19-25-17-26(47)20-27(48)18-25)36-29(10-9-28(58-36)13-14-42(3,4)75(5,70)71)30-11-12-31(46)35-37(30)63(22-43(49,50)51)61-40(35)64(76(6,72)73)41(66)57-15-7-8-16-74(67,68)69/h9-12,17-18,20,23-24,32H,7-8,13-16,19,21-22H2,1-6H3,(H,57,66)(H,59,65)(H2,67,68,69)/t23-,24+,32-/m0/s1. The minimum atomic E-state index is -5.27. The number of unbranched alkanes of at least 4 members (excludes halogenated alkanes) is 1. The Morgan fingerprint density at radius 2 is 1.54 bits per heavy atom. The molecule has 0 aliphatic heterocycles. The number of nitrogens with one attached hydrogen (secondary N) is 2. The highest BCUT2D eigenvalue weighted by Gasteiger charge is 2.57. The van der Waals surface area contributed by atoms with Gasteiger partial charge in [-0.15, -0.1) is 0 Å². The number of carbonyl (C=O) groups excluding carboxylic acids is 2. The highest BCUT2D eigenvalue weighted by molar-refractivity contribution is 7.93. The third-order valence-electron chi connectivity index (χ3n) is 12.9. The molecule has 4 N–H and O–H groups in total. The van der Waals surface area contributed by atoms with E-state index in [0.29, 0.717) is 12.3 Å². The topological polar surface area (TPSA) is 236 Å². The molecule has 1 aliphatic rings. The molecular formula is C45H50ClF10N8O9PS2. The predicted octanol–water partition coefficient (Wildman–Crippen LogP) is 8.94. The Morgan fingerprint density at radius 1 is 0.921 bits per heavy atom. The van der Waals surface area contributed by atoms with E-state index in [1.54, 1.807) is 0 Å². The fourth-order valence-corrected chi connectivity index (χ4v) is 10.9. The van der Waals surface area contributed by atoms with Crippen LogP contribution in [0.3, 0.4) is 0 Å². The van der Waals surface area contributed by atoms with Crippen molar-refractivity contribution in [3.8, 4) is 11.1 Å². The van der Waals surface area contributed by atoms with Gasteiger partial charge in [0.25, 0.3) is 5.92 Å². The molecule has 1 aliphatic carbocycles. The van der Waals surface area contributed by atoms with Crippen LogP contribution in [0.25, 0.3) is 22.0 Å². The molecule has 76 heavy (non-hydrogen) atoms. The van der Waals surface area contributed by atoms with E-state index in [1.165, 1.54) is 26.0 Å². The molecule has 0 spiro atoms. The van der Waals surface area contributed by atoms with Crippen molar-refractivity contribution in [1.29, 1.82) is 0 Å². The number of hydrogen-bond donors (Lipinski definition) is 4. The summed E-state index contributed by atoms with van der Waals surface area (Å²) in [6, 6.07) is 3.54. The number of benzene rings is 2. The van der Waals surface area contributed by atoms with Crippen LogP contribution in [0.2, 0.25) is 5.02 Å². The van der Waals surface area contributed by atoms with Crippen LogP contribution in [-0.4, -0.2) is 99.2 Å². The first kappa shape index (κ1) is 59.9. The lowest BCUT2D eigenvalue weighted by molar-refractivity contribution is -0.143. The lowest BCUT2D eigenvalue weighted by Crippen LogP contribution is -2.44. The Labute approximate surface area is 433 Å². The summed E-state index contributed by atoms with van der Waals surface area (Å²) in [5, 5.41) is 10.9. The van der Waals surface area contributed by atoms with E-state index < -0.39 is 169 Å². The van der Waals surface area contributed by atoms with Gasteiger partial charge in [-0.1, -0.05) is 37.6 Å². The van der Waals surface area contributed by atoms with Gasteiger partial charge in [0.15, 0.2) is 21.3 Å². The molecule has 6 rings (SSSR count). The van der Waals surface area contributed by atoms with Crippen molar-refractivity contribution in [2.75, 3.05) is 29.5 Å². The lowest BCUT2D eigenvalue weighted by atomic mass is 9.93. The number of halogens is 11. The summed E-state index contributed by atoms with van der Waals surface area (Å²) in [6.07, 6.45) is -10.8. The molecule has 3 atom stereocenters. The maximum atomic E-state index is 15.8. The molecule has 3 amide bonds. The molecule has 0 saturated heterocycles. The average Bonchev–Trinajstić information content (AvgIpc) is 3.87. The molecule has 0 fully saturated rings. The van der Waals surface area contributed by atoms with E-state index in [4.69, 9.17) is 11.6 Å².